The average Bonchev–Trinajstić information content (AvgIpc) is 3.82. The first kappa shape index (κ1) is 39.1. The van der Waals surface area contributed by atoms with E-state index in [0.29, 0.717) is 55.9 Å². The first-order valence-corrected chi connectivity index (χ1v) is 23.9. The van der Waals surface area contributed by atoms with Crippen LogP contribution in [0, 0.1) is 20.7 Å². The smallest absolute Gasteiger partial charge is 0.149 e. The molecule has 1 N–H and O–H groups in total. The number of hydrogen-bond acceptors (Lipinski definition) is 3. The number of rotatable bonds is 11. The minimum absolute atomic E-state index is 0.0432. The number of para-hydroxylation sites is 1. The topological polar surface area (TPSA) is 50.9 Å². The lowest BCUT2D eigenvalue weighted by Gasteiger charge is -2.21. The van der Waals surface area contributed by atoms with Crippen LogP contribution in [-0.2, 0) is 0 Å². The largest absolute Gasteiger partial charge is 0.507 e. The molecule has 4 nitrogen and oxygen atoms in total. The summed E-state index contributed by atoms with van der Waals surface area (Å²) in [6, 6.07) is 58.3. The monoisotopic (exact) mass is 918 g/mol. The van der Waals surface area contributed by atoms with Gasteiger partial charge in [0.1, 0.15) is 11.6 Å². The number of pyridine rings is 1. The molecule has 2 heterocycles. The lowest BCUT2D eigenvalue weighted by molar-refractivity contribution is 0.472. The van der Waals surface area contributed by atoms with Crippen molar-refractivity contribution in [1.82, 2.24) is 14.5 Å². The minimum atomic E-state index is -2.63. The third kappa shape index (κ3) is 8.75. The number of nitrogens with zero attached hydrogens (tertiary/aromatic N) is 3. The molecular formula is C66H61N3O. The zero-order valence-electron chi connectivity index (χ0n) is 47.1. The minimum Gasteiger partial charge on any atom is -0.507 e. The number of benzene rings is 8. The van der Waals surface area contributed by atoms with Gasteiger partial charge in [0.05, 0.1) is 28.0 Å². The molecule has 0 aliphatic carbocycles. The SMILES string of the molecule is [2H]C([2H])([2H])c1cc(-c2c(C([2H])(C)C)cccc2C([2H])(C)C)ccc1-n1c(-c2cc(C)cc(C)c2O)nc2c(-c3cc(-c4ccccc4)cc(-c4cc(-c5ccc(-c6ccc(C([2H])(C)C)cc6)cc5)ccn4)c3)cccc21. The number of aromatic hydroxyl groups is 1. The Morgan fingerprint density at radius 1 is 0.500 bits per heavy atom. The molecule has 346 valence electrons. The van der Waals surface area contributed by atoms with Crippen molar-refractivity contribution in [1.29, 1.82) is 0 Å². The van der Waals surface area contributed by atoms with Gasteiger partial charge in [-0.1, -0.05) is 163 Å². The summed E-state index contributed by atoms with van der Waals surface area (Å²) in [6.07, 6.45) is 1.84. The maximum atomic E-state index is 11.9. The highest BCUT2D eigenvalue weighted by molar-refractivity contribution is 5.98. The number of phenolic OH excluding ortho intramolecular Hbond substituents is 1. The fourth-order valence-corrected chi connectivity index (χ4v) is 9.82. The van der Waals surface area contributed by atoms with Crippen molar-refractivity contribution in [3.8, 4) is 89.7 Å². The third-order valence-electron chi connectivity index (χ3n) is 13.5. The molecule has 0 radical (unpaired) electrons. The second-order valence-corrected chi connectivity index (χ2v) is 19.1. The third-order valence-corrected chi connectivity index (χ3v) is 13.5. The average molecular weight is 918 g/mol. The van der Waals surface area contributed by atoms with Crippen LogP contribution in [0.2, 0.25) is 0 Å². The number of aryl methyl sites for hydroxylation is 3. The van der Waals surface area contributed by atoms with Crippen molar-refractivity contribution in [2.24, 2.45) is 0 Å². The molecule has 2 aromatic heterocycles. The van der Waals surface area contributed by atoms with Crippen LogP contribution in [0.5, 0.6) is 5.75 Å². The van der Waals surface area contributed by atoms with Crippen LogP contribution in [-0.4, -0.2) is 19.6 Å². The number of phenols is 1. The van der Waals surface area contributed by atoms with E-state index in [4.69, 9.17) is 18.2 Å². The van der Waals surface area contributed by atoms with Gasteiger partial charge in [-0.05, 0) is 176 Å². The first-order chi connectivity index (χ1) is 35.9. The van der Waals surface area contributed by atoms with Crippen molar-refractivity contribution in [3.63, 3.8) is 0 Å². The van der Waals surface area contributed by atoms with Gasteiger partial charge < -0.3 is 5.11 Å². The molecule has 10 aromatic rings. The van der Waals surface area contributed by atoms with Crippen LogP contribution in [0.25, 0.3) is 95.0 Å². The fraction of sp³-hybridized carbons (Fsp3) is 0.182. The predicted octanol–water partition coefficient (Wildman–Crippen LogP) is 18.1. The Bertz CT molecular complexity index is 3790. The summed E-state index contributed by atoms with van der Waals surface area (Å²) in [5, 5.41) is 11.9. The Morgan fingerprint density at radius 2 is 1.11 bits per heavy atom. The van der Waals surface area contributed by atoms with Gasteiger partial charge in [-0.15, -0.1) is 0 Å². The van der Waals surface area contributed by atoms with Gasteiger partial charge >= 0.3 is 0 Å². The molecule has 4 heteroatoms. The molecule has 0 saturated carbocycles. The molecule has 0 saturated heterocycles. The van der Waals surface area contributed by atoms with Crippen LogP contribution < -0.4 is 0 Å². The second kappa shape index (κ2) is 18.9. The maximum absolute atomic E-state index is 11.9. The van der Waals surface area contributed by atoms with E-state index in [1.165, 1.54) is 0 Å². The molecule has 70 heavy (non-hydrogen) atoms. The molecule has 0 bridgehead atoms. The molecule has 0 atom stereocenters. The molecule has 0 spiro atoms. The Hall–Kier alpha value is -7.82. The Labute approximate surface area is 422 Å². The van der Waals surface area contributed by atoms with Gasteiger partial charge in [0.25, 0.3) is 0 Å². The van der Waals surface area contributed by atoms with Gasteiger partial charge in [0, 0.05) is 25.5 Å². The van der Waals surface area contributed by atoms with Gasteiger partial charge in [-0.2, -0.15) is 0 Å². The molecule has 0 unspecified atom stereocenters. The van der Waals surface area contributed by atoms with E-state index in [1.807, 2.05) is 129 Å². The quantitative estimate of drug-likeness (QED) is 0.141. The van der Waals surface area contributed by atoms with E-state index >= 15 is 0 Å². The second-order valence-electron chi connectivity index (χ2n) is 19.1. The number of hydrogen-bond donors (Lipinski definition) is 1. The van der Waals surface area contributed by atoms with E-state index in [9.17, 15) is 5.11 Å². The van der Waals surface area contributed by atoms with E-state index < -0.39 is 24.5 Å². The summed E-state index contributed by atoms with van der Waals surface area (Å²) in [6.45, 7) is 12.2. The highest BCUT2D eigenvalue weighted by atomic mass is 16.3. The highest BCUT2D eigenvalue weighted by Gasteiger charge is 2.24. The van der Waals surface area contributed by atoms with Crippen molar-refractivity contribution in [3.05, 3.63) is 216 Å². The van der Waals surface area contributed by atoms with Crippen molar-refractivity contribution in [2.75, 3.05) is 0 Å². The maximum Gasteiger partial charge on any atom is 0.149 e. The molecule has 0 aliphatic heterocycles. The molecular weight excluding hydrogens is 851 g/mol. The highest BCUT2D eigenvalue weighted by Crippen LogP contribution is 2.43. The summed E-state index contributed by atoms with van der Waals surface area (Å²) in [7, 11) is 0. The van der Waals surface area contributed by atoms with Crippen molar-refractivity contribution in [2.45, 2.75) is 79.9 Å². The lowest BCUT2D eigenvalue weighted by atomic mass is 9.84. The zero-order chi connectivity index (χ0) is 54.1. The Kier molecular flexibility index (Phi) is 10.6. The van der Waals surface area contributed by atoms with Gasteiger partial charge in [-0.25, -0.2) is 4.98 Å². The predicted molar refractivity (Wildman–Crippen MR) is 295 cm³/mol. The van der Waals surface area contributed by atoms with Crippen molar-refractivity contribution >= 4 is 11.0 Å². The van der Waals surface area contributed by atoms with Crippen LogP contribution in [0.15, 0.2) is 182 Å². The van der Waals surface area contributed by atoms with Crippen molar-refractivity contribution < 1.29 is 13.3 Å². The number of imidazole rings is 1. The number of fused-ring (bicyclic) bond motifs is 1. The van der Waals surface area contributed by atoms with E-state index in [2.05, 4.69) is 72.8 Å². The molecule has 0 amide bonds. The van der Waals surface area contributed by atoms with Gasteiger partial charge in [-0.3, -0.25) is 9.55 Å². The normalized spacial score (nSPS) is 13.5. The molecule has 10 rings (SSSR count). The Morgan fingerprint density at radius 3 is 1.79 bits per heavy atom. The summed E-state index contributed by atoms with van der Waals surface area (Å²) >= 11 is 0. The lowest BCUT2D eigenvalue weighted by Crippen LogP contribution is -2.03. The van der Waals surface area contributed by atoms with Gasteiger partial charge in [0.2, 0.25) is 0 Å². The number of aromatic nitrogens is 3. The van der Waals surface area contributed by atoms with Crippen LogP contribution >= 0.6 is 0 Å². The summed E-state index contributed by atoms with van der Waals surface area (Å²) < 4.78 is 55.9. The van der Waals surface area contributed by atoms with Crippen LogP contribution in [0.3, 0.4) is 0 Å². The summed E-state index contributed by atoms with van der Waals surface area (Å²) in [5.74, 6) is -2.36. The Balaban J connectivity index is 1.16. The molecule has 8 aromatic carbocycles. The van der Waals surface area contributed by atoms with Crippen LogP contribution in [0.4, 0.5) is 0 Å². The van der Waals surface area contributed by atoms with E-state index in [0.717, 1.165) is 66.9 Å². The van der Waals surface area contributed by atoms with Gasteiger partial charge in [0.15, 0.2) is 0 Å². The zero-order valence-corrected chi connectivity index (χ0v) is 41.1. The van der Waals surface area contributed by atoms with Crippen LogP contribution in [0.1, 0.15) is 101 Å². The first-order valence-electron chi connectivity index (χ1n) is 26.9. The summed E-state index contributed by atoms with van der Waals surface area (Å²) in [5.41, 5.74) is 16.9. The van der Waals surface area contributed by atoms with E-state index in [1.54, 1.807) is 39.8 Å². The summed E-state index contributed by atoms with van der Waals surface area (Å²) in [4.78, 5) is 10.4. The molecule has 0 aliphatic rings. The molecule has 0 fully saturated rings. The van der Waals surface area contributed by atoms with E-state index in [-0.39, 0.29) is 11.3 Å². The fourth-order valence-electron chi connectivity index (χ4n) is 9.82. The standard InChI is InChI=1S/C66H61N3O/c1-40(2)46-21-23-48(24-22-46)49-25-27-50(28-26-49)51-31-32-67-60(39-51)55-37-53(47-15-11-10-12-16-47)36-54(38-55)58-19-14-20-62-64(58)68-66(59-34-43(7)33-45(9)65(59)70)69(62)61-30-29-52(35-44(61)8)63-56(41(3)4)17-13-18-57(63)42(5)6/h10-42,70H,1-9H3/i8D3,40D,41D,42D.